The Morgan fingerprint density at radius 1 is 1.19 bits per heavy atom. The number of pyridine rings is 1. The minimum Gasteiger partial charge on any atom is -0.352 e. The Hall–Kier alpha value is -2.37. The van der Waals surface area contributed by atoms with Crippen LogP contribution < -0.4 is 5.32 Å². The van der Waals surface area contributed by atoms with Crippen LogP contribution in [-0.2, 0) is 6.54 Å². The predicted molar refractivity (Wildman–Crippen MR) is 108 cm³/mol. The topological polar surface area (TPSA) is 58.3 Å². The number of nitrogens with one attached hydrogen (secondary N) is 1. The summed E-state index contributed by atoms with van der Waals surface area (Å²) in [4.78, 5) is 15.8. The quantitative estimate of drug-likeness (QED) is 0.669. The first kappa shape index (κ1) is 18.0. The van der Waals surface area contributed by atoms with Gasteiger partial charge in [-0.2, -0.15) is 0 Å². The second-order valence-corrected chi connectivity index (χ2v) is 8.00. The second-order valence-electron chi connectivity index (χ2n) is 8.00. The normalized spacial score (nSPS) is 19.6. The average molecular weight is 367 g/mol. The molecule has 1 saturated carbocycles. The first-order valence-corrected chi connectivity index (χ1v) is 10.1. The summed E-state index contributed by atoms with van der Waals surface area (Å²) in [7, 11) is 1.89. The van der Waals surface area contributed by atoms with Crippen LogP contribution in [0.5, 0.6) is 0 Å². The molecule has 1 saturated heterocycles. The van der Waals surface area contributed by atoms with Gasteiger partial charge in [-0.15, -0.1) is 0 Å². The molecule has 1 spiro atoms. The van der Waals surface area contributed by atoms with Crippen molar-refractivity contribution in [3.8, 4) is 5.82 Å². The molecule has 0 aromatic carbocycles. The molecule has 0 radical (unpaired) electrons. The van der Waals surface area contributed by atoms with E-state index in [2.05, 4.69) is 31.2 Å². The number of rotatable bonds is 3. The lowest BCUT2D eigenvalue weighted by molar-refractivity contribution is 0.203. The van der Waals surface area contributed by atoms with Crippen molar-refractivity contribution in [2.24, 2.45) is 10.4 Å². The van der Waals surface area contributed by atoms with Crippen molar-refractivity contribution in [3.63, 3.8) is 0 Å². The fourth-order valence-electron chi connectivity index (χ4n) is 4.62. The third-order valence-electron chi connectivity index (χ3n) is 6.20. The number of imidazole rings is 1. The van der Waals surface area contributed by atoms with Gasteiger partial charge in [0.2, 0.25) is 0 Å². The highest BCUT2D eigenvalue weighted by molar-refractivity contribution is 5.80. The van der Waals surface area contributed by atoms with Gasteiger partial charge in [-0.3, -0.25) is 9.56 Å². The molecule has 3 heterocycles. The van der Waals surface area contributed by atoms with Gasteiger partial charge in [-0.1, -0.05) is 25.3 Å². The molecule has 0 amide bonds. The molecule has 2 fully saturated rings. The van der Waals surface area contributed by atoms with Gasteiger partial charge in [0.05, 0.1) is 0 Å². The van der Waals surface area contributed by atoms with Crippen LogP contribution in [0.15, 0.2) is 35.7 Å². The summed E-state index contributed by atoms with van der Waals surface area (Å²) in [6.45, 7) is 5.00. The van der Waals surface area contributed by atoms with Crippen LogP contribution in [0.25, 0.3) is 5.82 Å². The van der Waals surface area contributed by atoms with E-state index < -0.39 is 0 Å². The van der Waals surface area contributed by atoms with Crippen molar-refractivity contribution in [2.45, 2.75) is 52.0 Å². The summed E-state index contributed by atoms with van der Waals surface area (Å²) in [6, 6.07) is 4.16. The number of hydrogen-bond acceptors (Lipinski definition) is 3. The number of nitrogens with zero attached hydrogens (tertiary/aromatic N) is 5. The Bertz CT molecular complexity index is 785. The molecule has 1 aliphatic carbocycles. The van der Waals surface area contributed by atoms with E-state index in [0.717, 1.165) is 42.8 Å². The van der Waals surface area contributed by atoms with Gasteiger partial charge in [-0.05, 0) is 43.2 Å². The first-order valence-electron chi connectivity index (χ1n) is 10.1. The number of hydrogen-bond donors (Lipinski definition) is 1. The van der Waals surface area contributed by atoms with Crippen LogP contribution in [0.3, 0.4) is 0 Å². The maximum atomic E-state index is 4.58. The largest absolute Gasteiger partial charge is 0.352 e. The molecule has 1 aliphatic heterocycles. The molecule has 1 N–H and O–H groups in total. The Kier molecular flexibility index (Phi) is 5.14. The van der Waals surface area contributed by atoms with Crippen molar-refractivity contribution < 1.29 is 0 Å². The molecule has 0 atom stereocenters. The highest BCUT2D eigenvalue weighted by Gasteiger charge is 2.39. The van der Waals surface area contributed by atoms with E-state index in [0.29, 0.717) is 5.41 Å². The summed E-state index contributed by atoms with van der Waals surface area (Å²) in [6.07, 6.45) is 14.0. The molecule has 2 aliphatic rings. The van der Waals surface area contributed by atoms with Crippen LogP contribution in [0, 0.1) is 12.3 Å². The number of aliphatic imine (C=N–C) groups is 1. The fourth-order valence-corrected chi connectivity index (χ4v) is 4.62. The summed E-state index contributed by atoms with van der Waals surface area (Å²) in [5.74, 6) is 2.86. The SMILES string of the molecule is CN=C(NCc1ccc(-n2ccnc2C)nc1)N1CCC2(CCCCC2)C1. The summed E-state index contributed by atoms with van der Waals surface area (Å²) in [5.41, 5.74) is 1.70. The number of guanidine groups is 1. The van der Waals surface area contributed by atoms with E-state index in [9.17, 15) is 0 Å². The minimum atomic E-state index is 0.543. The molecule has 6 nitrogen and oxygen atoms in total. The summed E-state index contributed by atoms with van der Waals surface area (Å²) >= 11 is 0. The third kappa shape index (κ3) is 3.84. The molecular weight excluding hydrogens is 336 g/mol. The van der Waals surface area contributed by atoms with Gasteiger partial charge in [-0.25, -0.2) is 9.97 Å². The van der Waals surface area contributed by atoms with Crippen molar-refractivity contribution >= 4 is 5.96 Å². The Morgan fingerprint density at radius 2 is 2.04 bits per heavy atom. The van der Waals surface area contributed by atoms with E-state index in [4.69, 9.17) is 0 Å². The summed E-state index contributed by atoms with van der Waals surface area (Å²) < 4.78 is 1.99. The standard InChI is InChI=1S/C21H30N6/c1-17-23-11-13-27(17)19-7-6-18(14-24-19)15-25-20(22-2)26-12-10-21(16-26)8-4-3-5-9-21/h6-7,11,13-14H,3-5,8-10,12,15-16H2,1-2H3,(H,22,25). The van der Waals surface area contributed by atoms with E-state index in [1.165, 1.54) is 38.5 Å². The summed E-state index contributed by atoms with van der Waals surface area (Å²) in [5, 5.41) is 3.53. The molecule has 144 valence electrons. The van der Waals surface area contributed by atoms with Gasteiger partial charge in [0.25, 0.3) is 0 Å². The molecule has 0 bridgehead atoms. The van der Waals surface area contributed by atoms with Crippen molar-refractivity contribution in [3.05, 3.63) is 42.1 Å². The maximum Gasteiger partial charge on any atom is 0.193 e. The van der Waals surface area contributed by atoms with Crippen LogP contribution in [0.1, 0.15) is 49.9 Å². The van der Waals surface area contributed by atoms with E-state index in [1.54, 1.807) is 6.20 Å². The van der Waals surface area contributed by atoms with Crippen molar-refractivity contribution in [2.75, 3.05) is 20.1 Å². The van der Waals surface area contributed by atoms with E-state index in [1.807, 2.05) is 37.0 Å². The zero-order chi connectivity index (χ0) is 18.7. The molecular formula is C21H30N6. The average Bonchev–Trinajstić information content (AvgIpc) is 3.30. The van der Waals surface area contributed by atoms with E-state index in [-0.39, 0.29) is 0 Å². The molecule has 27 heavy (non-hydrogen) atoms. The van der Waals surface area contributed by atoms with Crippen LogP contribution in [0.2, 0.25) is 0 Å². The maximum absolute atomic E-state index is 4.58. The Morgan fingerprint density at radius 3 is 2.70 bits per heavy atom. The zero-order valence-electron chi connectivity index (χ0n) is 16.5. The smallest absolute Gasteiger partial charge is 0.193 e. The predicted octanol–water partition coefficient (Wildman–Crippen LogP) is 3.31. The molecule has 0 unspecified atom stereocenters. The van der Waals surface area contributed by atoms with Gasteiger partial charge < -0.3 is 10.2 Å². The van der Waals surface area contributed by atoms with Gasteiger partial charge in [0.15, 0.2) is 5.96 Å². The molecule has 4 rings (SSSR count). The van der Waals surface area contributed by atoms with Gasteiger partial charge in [0, 0.05) is 45.3 Å². The monoisotopic (exact) mass is 366 g/mol. The number of aromatic nitrogens is 3. The lowest BCUT2D eigenvalue weighted by atomic mass is 9.73. The molecule has 2 aromatic heterocycles. The Balaban J connectivity index is 1.35. The molecule has 2 aromatic rings. The minimum absolute atomic E-state index is 0.543. The van der Waals surface area contributed by atoms with Crippen molar-refractivity contribution in [1.29, 1.82) is 0 Å². The van der Waals surface area contributed by atoms with Crippen LogP contribution in [-0.4, -0.2) is 45.5 Å². The lowest BCUT2D eigenvalue weighted by Crippen LogP contribution is -2.41. The third-order valence-corrected chi connectivity index (χ3v) is 6.20. The first-order chi connectivity index (χ1) is 13.2. The highest BCUT2D eigenvalue weighted by Crippen LogP contribution is 2.43. The van der Waals surface area contributed by atoms with Crippen molar-refractivity contribution in [1.82, 2.24) is 24.8 Å². The van der Waals surface area contributed by atoms with Gasteiger partial charge >= 0.3 is 0 Å². The molecule has 6 heteroatoms. The lowest BCUT2D eigenvalue weighted by Gasteiger charge is -2.33. The van der Waals surface area contributed by atoms with E-state index >= 15 is 0 Å². The number of aryl methyl sites for hydroxylation is 1. The second kappa shape index (κ2) is 7.71. The van der Waals surface area contributed by atoms with Crippen LogP contribution >= 0.6 is 0 Å². The fraction of sp³-hybridized carbons (Fsp3) is 0.571. The Labute approximate surface area is 161 Å². The van der Waals surface area contributed by atoms with Crippen LogP contribution in [0.4, 0.5) is 0 Å². The number of likely N-dealkylation sites (tertiary alicyclic amines) is 1. The zero-order valence-corrected chi connectivity index (χ0v) is 16.5. The van der Waals surface area contributed by atoms with Gasteiger partial charge in [0.1, 0.15) is 11.6 Å². The highest BCUT2D eigenvalue weighted by atomic mass is 15.3.